The van der Waals surface area contributed by atoms with Gasteiger partial charge in [0.25, 0.3) is 5.56 Å². The van der Waals surface area contributed by atoms with Gasteiger partial charge in [0.15, 0.2) is 0 Å². The number of alkyl halides is 3. The van der Waals surface area contributed by atoms with Gasteiger partial charge in [-0.2, -0.15) is 13.2 Å². The fourth-order valence-electron chi connectivity index (χ4n) is 2.38. The van der Waals surface area contributed by atoms with Crippen LogP contribution in [0.15, 0.2) is 41.2 Å². The zero-order chi connectivity index (χ0) is 16.8. The van der Waals surface area contributed by atoms with Crippen LogP contribution in [0.2, 0.25) is 0 Å². The van der Waals surface area contributed by atoms with E-state index >= 15 is 0 Å². The smallest absolute Gasteiger partial charge is 0.416 e. The lowest BCUT2D eigenvalue weighted by Crippen LogP contribution is -2.12. The summed E-state index contributed by atoms with van der Waals surface area (Å²) in [5.74, 6) is -1.17. The van der Waals surface area contributed by atoms with Gasteiger partial charge in [-0.15, -0.1) is 0 Å². The highest BCUT2D eigenvalue weighted by Gasteiger charge is 2.30. The number of hydrogen-bond acceptors (Lipinski definition) is 2. The molecule has 0 aliphatic rings. The van der Waals surface area contributed by atoms with E-state index in [9.17, 15) is 22.8 Å². The maximum atomic E-state index is 12.8. The summed E-state index contributed by atoms with van der Waals surface area (Å²) in [6.07, 6.45) is -2.37. The van der Waals surface area contributed by atoms with E-state index in [1.807, 2.05) is 0 Å². The van der Waals surface area contributed by atoms with Gasteiger partial charge in [0, 0.05) is 11.8 Å². The SMILES string of the molecule is O=C(O)/C=C/c1ccc2c(=O)[nH]c3cc(C(F)(F)F)ccc3n12. The maximum absolute atomic E-state index is 12.8. The number of benzene rings is 1. The molecule has 23 heavy (non-hydrogen) atoms. The number of carbonyl (C=O) groups is 1. The van der Waals surface area contributed by atoms with Gasteiger partial charge in [0.05, 0.1) is 16.6 Å². The number of aromatic nitrogens is 2. The molecule has 8 heteroatoms. The second-order valence-electron chi connectivity index (χ2n) is 4.83. The molecule has 3 aromatic rings. The number of halogens is 3. The van der Waals surface area contributed by atoms with Crippen LogP contribution in [0, 0.1) is 0 Å². The second kappa shape index (κ2) is 5.01. The zero-order valence-electron chi connectivity index (χ0n) is 11.4. The van der Waals surface area contributed by atoms with Crippen LogP contribution in [-0.4, -0.2) is 20.5 Å². The lowest BCUT2D eigenvalue weighted by molar-refractivity contribution is -0.137. The Morgan fingerprint density at radius 3 is 2.52 bits per heavy atom. The lowest BCUT2D eigenvalue weighted by Gasteiger charge is -2.09. The Kier molecular flexibility index (Phi) is 3.24. The van der Waals surface area contributed by atoms with Crippen molar-refractivity contribution in [1.29, 1.82) is 0 Å². The summed E-state index contributed by atoms with van der Waals surface area (Å²) < 4.78 is 39.8. The minimum Gasteiger partial charge on any atom is -0.478 e. The standard InChI is InChI=1S/C15H9F3N2O3/c16-15(17,18)8-1-4-11-10(7-8)19-14(23)12-5-2-9(20(11)12)3-6-13(21)22/h1-7H,(H,19,23)(H,21,22)/b6-3+. The predicted octanol–water partition coefficient (Wildman–Crippen LogP) is 2.90. The summed E-state index contributed by atoms with van der Waals surface area (Å²) in [6, 6.07) is 5.98. The minimum atomic E-state index is -4.53. The van der Waals surface area contributed by atoms with E-state index in [2.05, 4.69) is 4.98 Å². The average molecular weight is 322 g/mol. The van der Waals surface area contributed by atoms with Gasteiger partial charge in [-0.05, 0) is 36.4 Å². The number of aromatic amines is 1. The molecule has 118 valence electrons. The van der Waals surface area contributed by atoms with Crippen LogP contribution < -0.4 is 5.56 Å². The molecule has 0 aliphatic carbocycles. The molecule has 0 atom stereocenters. The molecular formula is C15H9F3N2O3. The lowest BCUT2D eigenvalue weighted by atomic mass is 10.2. The molecule has 1 aromatic carbocycles. The summed E-state index contributed by atoms with van der Waals surface area (Å²) in [6.45, 7) is 0. The van der Waals surface area contributed by atoms with Crippen molar-refractivity contribution >= 4 is 28.6 Å². The number of nitrogens with one attached hydrogen (secondary N) is 1. The van der Waals surface area contributed by atoms with Crippen molar-refractivity contribution < 1.29 is 23.1 Å². The van der Waals surface area contributed by atoms with E-state index in [0.717, 1.165) is 18.2 Å². The maximum Gasteiger partial charge on any atom is 0.416 e. The molecular weight excluding hydrogens is 313 g/mol. The van der Waals surface area contributed by atoms with E-state index in [4.69, 9.17) is 5.11 Å². The quantitative estimate of drug-likeness (QED) is 0.712. The third-order valence-electron chi connectivity index (χ3n) is 3.35. The molecule has 0 spiro atoms. The normalized spacial score (nSPS) is 12.5. The number of aliphatic carboxylic acids is 1. The Bertz CT molecular complexity index is 1010. The molecule has 0 saturated carbocycles. The molecule has 5 nitrogen and oxygen atoms in total. The van der Waals surface area contributed by atoms with Gasteiger partial charge in [-0.1, -0.05) is 0 Å². The van der Waals surface area contributed by atoms with Gasteiger partial charge >= 0.3 is 12.1 Å². The molecule has 2 aromatic heterocycles. The Morgan fingerprint density at radius 2 is 1.87 bits per heavy atom. The van der Waals surface area contributed by atoms with Crippen molar-refractivity contribution in [3.8, 4) is 0 Å². The van der Waals surface area contributed by atoms with E-state index in [1.54, 1.807) is 0 Å². The van der Waals surface area contributed by atoms with Crippen LogP contribution in [-0.2, 0) is 11.0 Å². The van der Waals surface area contributed by atoms with Crippen LogP contribution in [0.5, 0.6) is 0 Å². The Balaban J connectivity index is 2.35. The third-order valence-corrected chi connectivity index (χ3v) is 3.35. The topological polar surface area (TPSA) is 74.6 Å². The van der Waals surface area contributed by atoms with Crippen molar-refractivity contribution in [2.45, 2.75) is 6.18 Å². The fraction of sp³-hybridized carbons (Fsp3) is 0.0667. The van der Waals surface area contributed by atoms with Crippen molar-refractivity contribution in [3.63, 3.8) is 0 Å². The molecule has 0 amide bonds. The Morgan fingerprint density at radius 1 is 1.17 bits per heavy atom. The minimum absolute atomic E-state index is 0.0125. The molecule has 0 unspecified atom stereocenters. The van der Waals surface area contributed by atoms with Gasteiger partial charge in [-0.3, -0.25) is 4.79 Å². The van der Waals surface area contributed by atoms with Crippen molar-refractivity contribution in [3.05, 3.63) is 58.0 Å². The van der Waals surface area contributed by atoms with Crippen LogP contribution >= 0.6 is 0 Å². The summed E-state index contributed by atoms with van der Waals surface area (Å²) in [7, 11) is 0. The highest BCUT2D eigenvalue weighted by atomic mass is 19.4. The van der Waals surface area contributed by atoms with E-state index in [-0.39, 0.29) is 11.0 Å². The average Bonchev–Trinajstić information content (AvgIpc) is 2.88. The second-order valence-corrected chi connectivity index (χ2v) is 4.83. The summed E-state index contributed by atoms with van der Waals surface area (Å²) >= 11 is 0. The van der Waals surface area contributed by atoms with Gasteiger partial charge in [0.2, 0.25) is 0 Å². The van der Waals surface area contributed by atoms with Crippen LogP contribution in [0.3, 0.4) is 0 Å². The Hall–Kier alpha value is -3.03. The number of carboxylic acids is 1. The number of rotatable bonds is 2. The molecule has 0 radical (unpaired) electrons. The number of carboxylic acid groups (broad SMARTS) is 1. The fourth-order valence-corrected chi connectivity index (χ4v) is 2.38. The van der Waals surface area contributed by atoms with E-state index < -0.39 is 23.3 Å². The molecule has 3 rings (SSSR count). The molecule has 2 N–H and O–H groups in total. The first kappa shape index (κ1) is 14.9. The largest absolute Gasteiger partial charge is 0.478 e. The molecule has 0 saturated heterocycles. The highest BCUT2D eigenvalue weighted by molar-refractivity contribution is 5.86. The van der Waals surface area contributed by atoms with Crippen LogP contribution in [0.1, 0.15) is 11.3 Å². The zero-order valence-corrected chi connectivity index (χ0v) is 11.4. The predicted molar refractivity (Wildman–Crippen MR) is 77.2 cm³/mol. The van der Waals surface area contributed by atoms with Crippen LogP contribution in [0.25, 0.3) is 22.6 Å². The molecule has 0 fully saturated rings. The first-order valence-electron chi connectivity index (χ1n) is 6.43. The van der Waals surface area contributed by atoms with Gasteiger partial charge in [-0.25, -0.2) is 4.79 Å². The summed E-state index contributed by atoms with van der Waals surface area (Å²) in [5, 5.41) is 8.69. The summed E-state index contributed by atoms with van der Waals surface area (Å²) in [4.78, 5) is 25.0. The number of fused-ring (bicyclic) bond motifs is 3. The van der Waals surface area contributed by atoms with Crippen LogP contribution in [0.4, 0.5) is 13.2 Å². The number of nitrogens with zero attached hydrogens (tertiary/aromatic N) is 1. The number of hydrogen-bond donors (Lipinski definition) is 2. The molecule has 2 heterocycles. The third kappa shape index (κ3) is 2.59. The van der Waals surface area contributed by atoms with Gasteiger partial charge < -0.3 is 14.5 Å². The van der Waals surface area contributed by atoms with Crippen molar-refractivity contribution in [1.82, 2.24) is 9.38 Å². The first-order valence-corrected chi connectivity index (χ1v) is 6.43. The number of H-pyrrole nitrogens is 1. The monoisotopic (exact) mass is 322 g/mol. The van der Waals surface area contributed by atoms with Crippen molar-refractivity contribution in [2.24, 2.45) is 0 Å². The van der Waals surface area contributed by atoms with E-state index in [0.29, 0.717) is 11.2 Å². The van der Waals surface area contributed by atoms with Crippen molar-refractivity contribution in [2.75, 3.05) is 0 Å². The first-order chi connectivity index (χ1) is 10.8. The van der Waals surface area contributed by atoms with E-state index in [1.165, 1.54) is 28.7 Å². The van der Waals surface area contributed by atoms with Gasteiger partial charge in [0.1, 0.15) is 5.52 Å². The summed E-state index contributed by atoms with van der Waals surface area (Å²) in [5.41, 5.74) is -0.511. The molecule has 0 aliphatic heterocycles. The Labute approximate surface area is 126 Å². The molecule has 0 bridgehead atoms. The highest BCUT2D eigenvalue weighted by Crippen LogP contribution is 2.31.